The zero-order valence-electron chi connectivity index (χ0n) is 12.7. The fourth-order valence-corrected chi connectivity index (χ4v) is 1.77. The van der Waals surface area contributed by atoms with Crippen molar-refractivity contribution in [1.29, 1.82) is 0 Å². The summed E-state index contributed by atoms with van der Waals surface area (Å²) in [5.74, 6) is -1.62. The molecule has 120 valence electrons. The maximum absolute atomic E-state index is 12.8. The number of amides is 1. The molecule has 1 heterocycles. The van der Waals surface area contributed by atoms with Crippen LogP contribution in [0.4, 0.5) is 10.1 Å². The Morgan fingerprint density at radius 1 is 1.22 bits per heavy atom. The largest absolute Gasteiger partial charge is 0.447 e. The van der Waals surface area contributed by atoms with E-state index in [1.165, 1.54) is 36.7 Å². The third-order valence-electron chi connectivity index (χ3n) is 3.01. The van der Waals surface area contributed by atoms with Crippen molar-refractivity contribution in [3.8, 4) is 0 Å². The summed E-state index contributed by atoms with van der Waals surface area (Å²) in [4.78, 5) is 32.0. The molecule has 0 saturated heterocycles. The highest BCUT2D eigenvalue weighted by Crippen LogP contribution is 2.11. The van der Waals surface area contributed by atoms with Crippen LogP contribution in [0.3, 0.4) is 0 Å². The lowest BCUT2D eigenvalue weighted by molar-refractivity contribution is -0.124. The van der Waals surface area contributed by atoms with Crippen molar-refractivity contribution in [2.24, 2.45) is 0 Å². The molecule has 1 atom stereocenters. The first-order valence-electron chi connectivity index (χ1n) is 7.05. The monoisotopic (exact) mass is 317 g/mol. The van der Waals surface area contributed by atoms with Gasteiger partial charge in [-0.3, -0.25) is 9.78 Å². The van der Waals surface area contributed by atoms with E-state index in [-0.39, 0.29) is 12.1 Å². The van der Waals surface area contributed by atoms with E-state index in [0.717, 1.165) is 0 Å². The maximum atomic E-state index is 12.8. The van der Waals surface area contributed by atoms with Crippen LogP contribution in [0.1, 0.15) is 29.5 Å². The van der Waals surface area contributed by atoms with Gasteiger partial charge in [0.05, 0.1) is 11.9 Å². The van der Waals surface area contributed by atoms with E-state index in [1.54, 1.807) is 13.8 Å². The summed E-state index contributed by atoms with van der Waals surface area (Å²) in [6.45, 7) is 3.45. The average Bonchev–Trinajstić information content (AvgIpc) is 2.55. The number of carbonyl (C=O) groups excluding carboxylic acids is 2. The molecule has 1 N–H and O–H groups in total. The van der Waals surface area contributed by atoms with Crippen molar-refractivity contribution in [3.05, 3.63) is 53.9 Å². The van der Waals surface area contributed by atoms with E-state index in [9.17, 15) is 14.0 Å². The van der Waals surface area contributed by atoms with Gasteiger partial charge in [0, 0.05) is 11.9 Å². The molecule has 2 rings (SSSR count). The molecule has 0 saturated carbocycles. The second-order valence-electron chi connectivity index (χ2n) is 4.84. The highest BCUT2D eigenvalue weighted by atomic mass is 19.1. The standard InChI is InChI=1S/C16H16FN3O3/c1-3-14(15(21)20-12-6-4-11(17)5-7-12)23-16(22)13-9-18-10(2)8-19-13/h4-9,14H,3H2,1-2H3,(H,20,21). The van der Waals surface area contributed by atoms with Gasteiger partial charge in [-0.05, 0) is 37.6 Å². The smallest absolute Gasteiger partial charge is 0.359 e. The quantitative estimate of drug-likeness (QED) is 0.857. The maximum Gasteiger partial charge on any atom is 0.359 e. The van der Waals surface area contributed by atoms with E-state index < -0.39 is 23.8 Å². The first-order valence-corrected chi connectivity index (χ1v) is 7.05. The van der Waals surface area contributed by atoms with Crippen LogP contribution in [0.15, 0.2) is 36.7 Å². The zero-order chi connectivity index (χ0) is 16.8. The van der Waals surface area contributed by atoms with Crippen LogP contribution in [0, 0.1) is 12.7 Å². The lowest BCUT2D eigenvalue weighted by atomic mass is 10.2. The Hall–Kier alpha value is -2.83. The summed E-state index contributed by atoms with van der Waals surface area (Å²) in [6.07, 6.45) is 2.05. The first-order chi connectivity index (χ1) is 11.0. The van der Waals surface area contributed by atoms with Crippen molar-refractivity contribution >= 4 is 17.6 Å². The molecule has 1 unspecified atom stereocenters. The van der Waals surface area contributed by atoms with Crippen LogP contribution in [0.5, 0.6) is 0 Å². The number of esters is 1. The molecular weight excluding hydrogens is 301 g/mol. The van der Waals surface area contributed by atoms with E-state index in [0.29, 0.717) is 11.4 Å². The number of aryl methyl sites for hydroxylation is 1. The lowest BCUT2D eigenvalue weighted by Crippen LogP contribution is -2.32. The minimum Gasteiger partial charge on any atom is -0.447 e. The number of nitrogens with zero attached hydrogens (tertiary/aromatic N) is 2. The second kappa shape index (κ2) is 7.44. The minimum atomic E-state index is -0.976. The summed E-state index contributed by atoms with van der Waals surface area (Å²) >= 11 is 0. The normalized spacial score (nSPS) is 11.6. The molecule has 6 nitrogen and oxygen atoms in total. The molecule has 1 aromatic carbocycles. The van der Waals surface area contributed by atoms with Crippen molar-refractivity contribution in [2.45, 2.75) is 26.4 Å². The van der Waals surface area contributed by atoms with Crippen LogP contribution in [0.25, 0.3) is 0 Å². The Balaban J connectivity index is 2.00. The molecule has 0 fully saturated rings. The predicted molar refractivity (Wildman–Crippen MR) is 81.3 cm³/mol. The second-order valence-corrected chi connectivity index (χ2v) is 4.84. The number of benzene rings is 1. The van der Waals surface area contributed by atoms with Gasteiger partial charge in [0.15, 0.2) is 11.8 Å². The summed E-state index contributed by atoms with van der Waals surface area (Å²) in [5.41, 5.74) is 1.12. The fraction of sp³-hybridized carbons (Fsp3) is 0.250. The van der Waals surface area contributed by atoms with Gasteiger partial charge in [0.25, 0.3) is 5.91 Å². The van der Waals surface area contributed by atoms with Crippen molar-refractivity contribution in [1.82, 2.24) is 9.97 Å². The number of aromatic nitrogens is 2. The number of halogens is 1. The van der Waals surface area contributed by atoms with Gasteiger partial charge in [0.1, 0.15) is 5.82 Å². The number of hydrogen-bond acceptors (Lipinski definition) is 5. The van der Waals surface area contributed by atoms with Crippen molar-refractivity contribution in [2.75, 3.05) is 5.32 Å². The molecule has 0 bridgehead atoms. The number of anilines is 1. The Morgan fingerprint density at radius 2 is 1.91 bits per heavy atom. The predicted octanol–water partition coefficient (Wildman–Crippen LogP) is 2.50. The summed E-state index contributed by atoms with van der Waals surface area (Å²) < 4.78 is 18.0. The molecule has 0 aliphatic carbocycles. The molecule has 0 radical (unpaired) electrons. The van der Waals surface area contributed by atoms with Crippen LogP contribution in [0.2, 0.25) is 0 Å². The minimum absolute atomic E-state index is 0.0311. The Morgan fingerprint density at radius 3 is 2.48 bits per heavy atom. The molecule has 23 heavy (non-hydrogen) atoms. The van der Waals surface area contributed by atoms with E-state index >= 15 is 0 Å². The fourth-order valence-electron chi connectivity index (χ4n) is 1.77. The Labute approximate surface area is 132 Å². The van der Waals surface area contributed by atoms with Gasteiger partial charge < -0.3 is 10.1 Å². The topological polar surface area (TPSA) is 81.2 Å². The number of nitrogens with one attached hydrogen (secondary N) is 1. The first kappa shape index (κ1) is 16.5. The number of ether oxygens (including phenoxy) is 1. The average molecular weight is 317 g/mol. The van der Waals surface area contributed by atoms with Crippen LogP contribution >= 0.6 is 0 Å². The van der Waals surface area contributed by atoms with Gasteiger partial charge >= 0.3 is 5.97 Å². The number of hydrogen-bond donors (Lipinski definition) is 1. The van der Waals surface area contributed by atoms with Gasteiger partial charge in [-0.15, -0.1) is 0 Å². The Bertz CT molecular complexity index is 687. The van der Waals surface area contributed by atoms with Gasteiger partial charge in [-0.1, -0.05) is 6.92 Å². The molecule has 0 aliphatic rings. The van der Waals surface area contributed by atoms with Crippen LogP contribution in [-0.4, -0.2) is 27.9 Å². The van der Waals surface area contributed by atoms with Gasteiger partial charge in [-0.2, -0.15) is 0 Å². The summed E-state index contributed by atoms with van der Waals surface area (Å²) in [7, 11) is 0. The molecule has 1 amide bonds. The lowest BCUT2D eigenvalue weighted by Gasteiger charge is -2.15. The summed E-state index contributed by atoms with van der Waals surface area (Å²) in [5, 5.41) is 2.57. The van der Waals surface area contributed by atoms with Gasteiger partial charge in [0.2, 0.25) is 0 Å². The van der Waals surface area contributed by atoms with E-state index in [4.69, 9.17) is 4.74 Å². The molecule has 1 aromatic heterocycles. The molecule has 2 aromatic rings. The van der Waals surface area contributed by atoms with Gasteiger partial charge in [-0.25, -0.2) is 14.2 Å². The number of carbonyl (C=O) groups is 2. The van der Waals surface area contributed by atoms with Crippen LogP contribution < -0.4 is 5.32 Å². The molecule has 7 heteroatoms. The van der Waals surface area contributed by atoms with E-state index in [2.05, 4.69) is 15.3 Å². The highest BCUT2D eigenvalue weighted by Gasteiger charge is 2.22. The molecular formula is C16H16FN3O3. The van der Waals surface area contributed by atoms with Crippen molar-refractivity contribution < 1.29 is 18.7 Å². The highest BCUT2D eigenvalue weighted by molar-refractivity contribution is 5.96. The zero-order valence-corrected chi connectivity index (χ0v) is 12.7. The van der Waals surface area contributed by atoms with E-state index in [1.807, 2.05) is 0 Å². The summed E-state index contributed by atoms with van der Waals surface area (Å²) in [6, 6.07) is 5.30. The van der Waals surface area contributed by atoms with Crippen molar-refractivity contribution in [3.63, 3.8) is 0 Å². The third kappa shape index (κ3) is 4.57. The Kier molecular flexibility index (Phi) is 5.35. The number of rotatable bonds is 5. The molecule has 0 spiro atoms. The van der Waals surface area contributed by atoms with Crippen LogP contribution in [-0.2, 0) is 9.53 Å². The molecule has 0 aliphatic heterocycles. The SMILES string of the molecule is CCC(OC(=O)c1cnc(C)cn1)C(=O)Nc1ccc(F)cc1. The third-order valence-corrected chi connectivity index (χ3v) is 3.01.